The van der Waals surface area contributed by atoms with Crippen molar-refractivity contribution in [1.82, 2.24) is 10.2 Å². The summed E-state index contributed by atoms with van der Waals surface area (Å²) in [6.45, 7) is 6.34. The van der Waals surface area contributed by atoms with Crippen molar-refractivity contribution >= 4 is 0 Å². The predicted octanol–water partition coefficient (Wildman–Crippen LogP) is 0.464. The fraction of sp³-hybridized carbons (Fsp3) is 0.833. The molecule has 0 bridgehead atoms. The lowest BCUT2D eigenvalue weighted by molar-refractivity contribution is 0.115. The van der Waals surface area contributed by atoms with Gasteiger partial charge in [-0.2, -0.15) is 0 Å². The Kier molecular flexibility index (Phi) is 4.46. The Balaban J connectivity index is 1.61. The molecule has 0 amide bonds. The monoisotopic (exact) mass is 208 g/mol. The van der Waals surface area contributed by atoms with Crippen LogP contribution in [0, 0.1) is 11.8 Å². The molecule has 0 aromatic heterocycles. The molecule has 1 unspecified atom stereocenters. The smallest absolute Gasteiger partial charge is 0.0685 e. The van der Waals surface area contributed by atoms with E-state index in [1.54, 1.807) is 0 Å². The van der Waals surface area contributed by atoms with Crippen molar-refractivity contribution in [3.63, 3.8) is 0 Å². The maximum Gasteiger partial charge on any atom is 0.0685 e. The van der Waals surface area contributed by atoms with Crippen molar-refractivity contribution in [2.45, 2.75) is 25.4 Å². The number of piperazine rings is 1. The van der Waals surface area contributed by atoms with Crippen LogP contribution in [0.25, 0.3) is 0 Å². The summed E-state index contributed by atoms with van der Waals surface area (Å²) in [4.78, 5) is 2.40. The van der Waals surface area contributed by atoms with Gasteiger partial charge in [-0.25, -0.2) is 0 Å². The third-order valence-corrected chi connectivity index (χ3v) is 2.99. The SMILES string of the molecule is C(#CCN1CCNCC1)CC1CCCO1. The first-order chi connectivity index (χ1) is 7.45. The molecule has 15 heavy (non-hydrogen) atoms. The lowest BCUT2D eigenvalue weighted by Crippen LogP contribution is -2.43. The minimum absolute atomic E-state index is 0.417. The third kappa shape index (κ3) is 3.83. The molecular formula is C12H20N2O. The number of ether oxygens (including phenoxy) is 1. The van der Waals surface area contributed by atoms with Crippen LogP contribution < -0.4 is 5.32 Å². The highest BCUT2D eigenvalue weighted by Gasteiger charge is 2.13. The molecule has 84 valence electrons. The van der Waals surface area contributed by atoms with Crippen molar-refractivity contribution in [3.8, 4) is 11.8 Å². The standard InChI is InChI=1S/C12H20N2O/c1(4-12-5-3-11-15-12)2-8-14-9-6-13-7-10-14/h12-13H,3-11H2. The van der Waals surface area contributed by atoms with Crippen molar-refractivity contribution in [2.75, 3.05) is 39.3 Å². The topological polar surface area (TPSA) is 24.5 Å². The molecule has 0 aromatic carbocycles. The van der Waals surface area contributed by atoms with E-state index in [4.69, 9.17) is 4.74 Å². The summed E-state index contributed by atoms with van der Waals surface area (Å²) in [6.07, 6.45) is 3.75. The molecule has 0 radical (unpaired) electrons. The van der Waals surface area contributed by atoms with E-state index in [0.29, 0.717) is 6.10 Å². The minimum atomic E-state index is 0.417. The molecule has 3 heteroatoms. The normalized spacial score (nSPS) is 27.3. The number of nitrogens with zero attached hydrogens (tertiary/aromatic N) is 1. The molecule has 2 heterocycles. The van der Waals surface area contributed by atoms with E-state index in [-0.39, 0.29) is 0 Å². The van der Waals surface area contributed by atoms with Gasteiger partial charge in [0, 0.05) is 39.2 Å². The molecule has 0 aliphatic carbocycles. The zero-order valence-corrected chi connectivity index (χ0v) is 9.30. The van der Waals surface area contributed by atoms with E-state index < -0.39 is 0 Å². The van der Waals surface area contributed by atoms with Crippen molar-refractivity contribution < 1.29 is 4.74 Å². The zero-order chi connectivity index (χ0) is 10.3. The van der Waals surface area contributed by atoms with Gasteiger partial charge in [-0.05, 0) is 12.8 Å². The van der Waals surface area contributed by atoms with Crippen LogP contribution in [0.3, 0.4) is 0 Å². The van der Waals surface area contributed by atoms with Gasteiger partial charge in [0.25, 0.3) is 0 Å². The molecule has 2 rings (SSSR count). The van der Waals surface area contributed by atoms with Gasteiger partial charge in [0.1, 0.15) is 0 Å². The van der Waals surface area contributed by atoms with Crippen LogP contribution in [0.2, 0.25) is 0 Å². The fourth-order valence-electron chi connectivity index (χ4n) is 2.03. The Morgan fingerprint density at radius 1 is 1.27 bits per heavy atom. The minimum Gasteiger partial charge on any atom is -0.377 e. The second kappa shape index (κ2) is 6.12. The summed E-state index contributed by atoms with van der Waals surface area (Å²) in [5.74, 6) is 6.49. The molecule has 0 aromatic rings. The fourth-order valence-corrected chi connectivity index (χ4v) is 2.03. The van der Waals surface area contributed by atoms with Crippen LogP contribution in [0.15, 0.2) is 0 Å². The predicted molar refractivity (Wildman–Crippen MR) is 60.7 cm³/mol. The summed E-state index contributed by atoms with van der Waals surface area (Å²) in [6, 6.07) is 0. The van der Waals surface area contributed by atoms with Crippen LogP contribution in [0.5, 0.6) is 0 Å². The van der Waals surface area contributed by atoms with E-state index in [1.807, 2.05) is 0 Å². The summed E-state index contributed by atoms with van der Waals surface area (Å²) >= 11 is 0. The summed E-state index contributed by atoms with van der Waals surface area (Å²) in [5.41, 5.74) is 0. The lowest BCUT2D eigenvalue weighted by atomic mass is 10.2. The van der Waals surface area contributed by atoms with Crippen molar-refractivity contribution in [2.24, 2.45) is 0 Å². The first-order valence-corrected chi connectivity index (χ1v) is 5.95. The molecule has 2 fully saturated rings. The zero-order valence-electron chi connectivity index (χ0n) is 9.30. The highest BCUT2D eigenvalue weighted by molar-refractivity contribution is 5.03. The van der Waals surface area contributed by atoms with Gasteiger partial charge in [0.2, 0.25) is 0 Å². The highest BCUT2D eigenvalue weighted by atomic mass is 16.5. The molecule has 2 aliphatic rings. The molecule has 1 N–H and O–H groups in total. The quantitative estimate of drug-likeness (QED) is 0.667. The number of hydrogen-bond donors (Lipinski definition) is 1. The van der Waals surface area contributed by atoms with E-state index in [9.17, 15) is 0 Å². The Morgan fingerprint density at radius 3 is 2.87 bits per heavy atom. The van der Waals surface area contributed by atoms with Gasteiger partial charge in [-0.1, -0.05) is 11.8 Å². The highest BCUT2D eigenvalue weighted by Crippen LogP contribution is 2.14. The Labute approximate surface area is 92.2 Å². The van der Waals surface area contributed by atoms with Gasteiger partial charge in [-0.3, -0.25) is 4.90 Å². The Hall–Kier alpha value is -0.560. The van der Waals surface area contributed by atoms with E-state index in [0.717, 1.165) is 45.8 Å². The maximum absolute atomic E-state index is 5.52. The number of hydrogen-bond acceptors (Lipinski definition) is 3. The van der Waals surface area contributed by atoms with Gasteiger partial charge >= 0.3 is 0 Å². The van der Waals surface area contributed by atoms with Crippen LogP contribution in [0.4, 0.5) is 0 Å². The van der Waals surface area contributed by atoms with Crippen LogP contribution in [0.1, 0.15) is 19.3 Å². The molecular weight excluding hydrogens is 188 g/mol. The average Bonchev–Trinajstić information content (AvgIpc) is 2.79. The van der Waals surface area contributed by atoms with Gasteiger partial charge in [0.05, 0.1) is 12.6 Å². The summed E-state index contributed by atoms with van der Waals surface area (Å²) < 4.78 is 5.52. The van der Waals surface area contributed by atoms with Crippen LogP contribution >= 0.6 is 0 Å². The summed E-state index contributed by atoms with van der Waals surface area (Å²) in [5, 5.41) is 3.34. The Bertz CT molecular complexity index is 232. The maximum atomic E-state index is 5.52. The molecule has 3 nitrogen and oxygen atoms in total. The number of rotatable bonds is 2. The second-order valence-electron chi connectivity index (χ2n) is 4.22. The average molecular weight is 208 g/mol. The van der Waals surface area contributed by atoms with E-state index >= 15 is 0 Å². The Morgan fingerprint density at radius 2 is 2.13 bits per heavy atom. The third-order valence-electron chi connectivity index (χ3n) is 2.99. The van der Waals surface area contributed by atoms with E-state index in [2.05, 4.69) is 22.1 Å². The van der Waals surface area contributed by atoms with Crippen LogP contribution in [-0.4, -0.2) is 50.3 Å². The number of nitrogens with one attached hydrogen (secondary N) is 1. The van der Waals surface area contributed by atoms with E-state index in [1.165, 1.54) is 12.8 Å². The van der Waals surface area contributed by atoms with Crippen molar-refractivity contribution in [3.05, 3.63) is 0 Å². The molecule has 0 saturated carbocycles. The second-order valence-corrected chi connectivity index (χ2v) is 4.22. The molecule has 1 atom stereocenters. The summed E-state index contributed by atoms with van der Waals surface area (Å²) in [7, 11) is 0. The van der Waals surface area contributed by atoms with Gasteiger partial charge < -0.3 is 10.1 Å². The molecule has 2 saturated heterocycles. The van der Waals surface area contributed by atoms with Gasteiger partial charge in [-0.15, -0.1) is 0 Å². The van der Waals surface area contributed by atoms with Crippen molar-refractivity contribution in [1.29, 1.82) is 0 Å². The van der Waals surface area contributed by atoms with Gasteiger partial charge in [0.15, 0.2) is 0 Å². The first-order valence-electron chi connectivity index (χ1n) is 5.95. The van der Waals surface area contributed by atoms with Crippen LogP contribution in [-0.2, 0) is 4.74 Å². The lowest BCUT2D eigenvalue weighted by Gasteiger charge is -2.24. The first kappa shape index (κ1) is 10.9. The molecule has 2 aliphatic heterocycles. The molecule has 0 spiro atoms. The largest absolute Gasteiger partial charge is 0.377 e.